The summed E-state index contributed by atoms with van der Waals surface area (Å²) in [4.78, 5) is 24.3. The average Bonchev–Trinajstić information content (AvgIpc) is 3.65. The molecule has 0 atom stereocenters. The molecule has 0 fully saturated rings. The second kappa shape index (κ2) is 12.0. The van der Waals surface area contributed by atoms with E-state index in [1.807, 2.05) is 30.3 Å². The van der Waals surface area contributed by atoms with Gasteiger partial charge in [-0.05, 0) is 52.2 Å². The third-order valence-electron chi connectivity index (χ3n) is 5.60. The van der Waals surface area contributed by atoms with Crippen molar-refractivity contribution in [3.05, 3.63) is 101 Å². The first-order chi connectivity index (χ1) is 19.1. The number of furan rings is 1. The Morgan fingerprint density at radius 3 is 2.74 bits per heavy atom. The number of methoxy groups -OCH3 is 1. The molecule has 39 heavy (non-hydrogen) atoms. The van der Waals surface area contributed by atoms with Gasteiger partial charge in [-0.1, -0.05) is 53.8 Å². The predicted molar refractivity (Wildman–Crippen MR) is 147 cm³/mol. The summed E-state index contributed by atoms with van der Waals surface area (Å²) in [6, 6.07) is 22.8. The first kappa shape index (κ1) is 25.6. The fourth-order valence-electron chi connectivity index (χ4n) is 3.76. The van der Waals surface area contributed by atoms with Gasteiger partial charge in [-0.25, -0.2) is 5.43 Å². The number of nitrogens with one attached hydrogen (secondary N) is 2. The number of hydrogen-bond acceptors (Lipinski definition) is 9. The molecule has 2 heterocycles. The van der Waals surface area contributed by atoms with Crippen molar-refractivity contribution in [2.24, 2.45) is 5.10 Å². The molecule has 0 saturated carbocycles. The van der Waals surface area contributed by atoms with Crippen LogP contribution in [0.4, 0.5) is 5.13 Å². The maximum Gasteiger partial charge on any atom is 0.293 e. The SMILES string of the molecule is COc1cc(/C=N/NC(=O)Cc2nnc(NC(=O)c3ccco3)s2)ccc1OCc1cccc2ccccc12. The second-order valence-electron chi connectivity index (χ2n) is 8.24. The summed E-state index contributed by atoms with van der Waals surface area (Å²) >= 11 is 1.09. The first-order valence-corrected chi connectivity index (χ1v) is 12.7. The van der Waals surface area contributed by atoms with Crippen molar-refractivity contribution in [1.29, 1.82) is 0 Å². The van der Waals surface area contributed by atoms with Gasteiger partial charge in [0, 0.05) is 0 Å². The van der Waals surface area contributed by atoms with Gasteiger partial charge in [0.05, 0.1) is 26.0 Å². The van der Waals surface area contributed by atoms with E-state index in [2.05, 4.69) is 44.2 Å². The maximum atomic E-state index is 12.3. The number of carbonyl (C=O) groups is 2. The molecule has 3 aromatic carbocycles. The van der Waals surface area contributed by atoms with Crippen LogP contribution in [0.2, 0.25) is 0 Å². The van der Waals surface area contributed by atoms with Crippen LogP contribution in [0.3, 0.4) is 0 Å². The molecule has 5 rings (SSSR count). The highest BCUT2D eigenvalue weighted by molar-refractivity contribution is 7.15. The van der Waals surface area contributed by atoms with E-state index < -0.39 is 5.91 Å². The molecule has 0 unspecified atom stereocenters. The minimum absolute atomic E-state index is 0.0457. The van der Waals surface area contributed by atoms with E-state index in [9.17, 15) is 9.59 Å². The number of rotatable bonds is 10. The molecule has 10 nitrogen and oxygen atoms in total. The summed E-state index contributed by atoms with van der Waals surface area (Å²) in [5, 5.41) is 17.4. The quantitative estimate of drug-likeness (QED) is 0.192. The minimum atomic E-state index is -0.447. The van der Waals surface area contributed by atoms with Crippen LogP contribution >= 0.6 is 11.3 Å². The number of benzene rings is 3. The van der Waals surface area contributed by atoms with Crippen LogP contribution in [0.15, 0.2) is 88.6 Å². The van der Waals surface area contributed by atoms with Gasteiger partial charge in [0.15, 0.2) is 17.3 Å². The molecule has 2 N–H and O–H groups in total. The Balaban J connectivity index is 1.14. The fourth-order valence-corrected chi connectivity index (χ4v) is 4.49. The molecule has 5 aromatic rings. The normalized spacial score (nSPS) is 11.0. The zero-order valence-corrected chi connectivity index (χ0v) is 21.6. The van der Waals surface area contributed by atoms with Crippen molar-refractivity contribution < 1.29 is 23.5 Å². The summed E-state index contributed by atoms with van der Waals surface area (Å²) < 4.78 is 16.6. The van der Waals surface area contributed by atoms with E-state index in [4.69, 9.17) is 13.9 Å². The Bertz CT molecular complexity index is 1630. The number of nitrogens with zero attached hydrogens (tertiary/aromatic N) is 3. The van der Waals surface area contributed by atoms with Crippen molar-refractivity contribution in [2.45, 2.75) is 13.0 Å². The van der Waals surface area contributed by atoms with Crippen molar-refractivity contribution in [3.63, 3.8) is 0 Å². The largest absolute Gasteiger partial charge is 0.493 e. The van der Waals surface area contributed by atoms with Gasteiger partial charge >= 0.3 is 0 Å². The molecular formula is C28H23N5O5S. The number of hydrazone groups is 1. The van der Waals surface area contributed by atoms with E-state index >= 15 is 0 Å². The lowest BCUT2D eigenvalue weighted by molar-refractivity contribution is -0.120. The minimum Gasteiger partial charge on any atom is -0.493 e. The standard InChI is InChI=1S/C28H23N5O5S/c1-36-24-14-18(11-12-22(24)38-17-20-8-4-7-19-6-2-3-9-21(19)20)16-29-31-25(34)15-26-32-33-28(39-26)30-27(35)23-10-5-13-37-23/h2-14,16H,15,17H2,1H3,(H,31,34)(H,30,33,35)/b29-16+. The van der Waals surface area contributed by atoms with E-state index in [0.29, 0.717) is 28.7 Å². The average molecular weight is 542 g/mol. The summed E-state index contributed by atoms with van der Waals surface area (Å²) in [5.41, 5.74) is 4.25. The van der Waals surface area contributed by atoms with Crippen LogP contribution in [-0.4, -0.2) is 35.3 Å². The van der Waals surface area contributed by atoms with E-state index in [-0.39, 0.29) is 23.2 Å². The molecule has 196 valence electrons. The predicted octanol–water partition coefficient (Wildman–Crippen LogP) is 4.82. The van der Waals surface area contributed by atoms with Crippen LogP contribution in [0.25, 0.3) is 10.8 Å². The number of fused-ring (bicyclic) bond motifs is 1. The third-order valence-corrected chi connectivity index (χ3v) is 6.44. The van der Waals surface area contributed by atoms with E-state index in [0.717, 1.165) is 27.7 Å². The van der Waals surface area contributed by atoms with Gasteiger partial charge in [-0.2, -0.15) is 5.10 Å². The van der Waals surface area contributed by atoms with Gasteiger partial charge < -0.3 is 13.9 Å². The van der Waals surface area contributed by atoms with Crippen LogP contribution in [0, 0.1) is 0 Å². The third kappa shape index (κ3) is 6.46. The van der Waals surface area contributed by atoms with Gasteiger partial charge in [-0.15, -0.1) is 10.2 Å². The Morgan fingerprint density at radius 1 is 1.03 bits per heavy atom. The summed E-state index contributed by atoms with van der Waals surface area (Å²) in [6.45, 7) is 0.390. The Labute approximate surface area is 227 Å². The molecule has 2 amide bonds. The zero-order chi connectivity index (χ0) is 27.0. The van der Waals surface area contributed by atoms with Crippen LogP contribution < -0.4 is 20.2 Å². The van der Waals surface area contributed by atoms with Gasteiger partial charge in [0.1, 0.15) is 11.6 Å². The van der Waals surface area contributed by atoms with E-state index in [1.165, 1.54) is 18.5 Å². The van der Waals surface area contributed by atoms with E-state index in [1.54, 1.807) is 25.3 Å². The number of carbonyl (C=O) groups excluding carboxylic acids is 2. The van der Waals surface area contributed by atoms with Crippen molar-refractivity contribution in [3.8, 4) is 11.5 Å². The summed E-state index contributed by atoms with van der Waals surface area (Å²) in [6.07, 6.45) is 2.86. The Kier molecular flexibility index (Phi) is 7.89. The van der Waals surface area contributed by atoms with Crippen molar-refractivity contribution >= 4 is 45.3 Å². The summed E-state index contributed by atoms with van der Waals surface area (Å²) in [7, 11) is 1.57. The Hall–Kier alpha value is -5.03. The molecule has 0 bridgehead atoms. The highest BCUT2D eigenvalue weighted by Crippen LogP contribution is 2.29. The summed E-state index contributed by atoms with van der Waals surface area (Å²) in [5.74, 6) is 0.465. The lowest BCUT2D eigenvalue weighted by Gasteiger charge is -2.12. The van der Waals surface area contributed by atoms with Crippen LogP contribution in [0.1, 0.15) is 26.7 Å². The Morgan fingerprint density at radius 2 is 1.90 bits per heavy atom. The molecule has 0 radical (unpaired) electrons. The number of ether oxygens (including phenoxy) is 2. The highest BCUT2D eigenvalue weighted by Gasteiger charge is 2.14. The number of hydrogen-bond donors (Lipinski definition) is 2. The van der Waals surface area contributed by atoms with Crippen molar-refractivity contribution in [1.82, 2.24) is 15.6 Å². The molecule has 0 aliphatic rings. The number of aromatic nitrogens is 2. The molecule has 0 aliphatic heterocycles. The van der Waals surface area contributed by atoms with Gasteiger partial charge in [-0.3, -0.25) is 14.9 Å². The lowest BCUT2D eigenvalue weighted by atomic mass is 10.1. The maximum absolute atomic E-state index is 12.3. The van der Waals surface area contributed by atoms with Gasteiger partial charge in [0.2, 0.25) is 11.0 Å². The molecule has 11 heteroatoms. The van der Waals surface area contributed by atoms with Gasteiger partial charge in [0.25, 0.3) is 5.91 Å². The number of amides is 2. The van der Waals surface area contributed by atoms with Crippen LogP contribution in [-0.2, 0) is 17.8 Å². The smallest absolute Gasteiger partial charge is 0.293 e. The molecule has 0 spiro atoms. The topological polar surface area (TPSA) is 128 Å². The molecule has 0 saturated heterocycles. The molecule has 2 aromatic heterocycles. The zero-order valence-electron chi connectivity index (χ0n) is 20.8. The number of anilines is 1. The monoisotopic (exact) mass is 541 g/mol. The van der Waals surface area contributed by atoms with Crippen LogP contribution in [0.5, 0.6) is 11.5 Å². The first-order valence-electron chi connectivity index (χ1n) is 11.9. The lowest BCUT2D eigenvalue weighted by Crippen LogP contribution is -2.19. The highest BCUT2D eigenvalue weighted by atomic mass is 32.1. The molecular weight excluding hydrogens is 518 g/mol. The molecule has 0 aliphatic carbocycles. The second-order valence-corrected chi connectivity index (χ2v) is 9.30. The van der Waals surface area contributed by atoms with Crippen molar-refractivity contribution in [2.75, 3.05) is 12.4 Å². The fraction of sp³-hybridized carbons (Fsp3) is 0.107.